The van der Waals surface area contributed by atoms with Crippen molar-refractivity contribution in [3.63, 3.8) is 0 Å². The van der Waals surface area contributed by atoms with Crippen molar-refractivity contribution in [3.05, 3.63) is 59.9 Å². The molecule has 0 aromatic heterocycles. The summed E-state index contributed by atoms with van der Waals surface area (Å²) in [7, 11) is -3.95. The summed E-state index contributed by atoms with van der Waals surface area (Å²) in [5.41, 5.74) is 0.207. The molecule has 2 aromatic rings. The van der Waals surface area contributed by atoms with Gasteiger partial charge in [0.1, 0.15) is 5.82 Å². The van der Waals surface area contributed by atoms with Crippen LogP contribution >= 0.6 is 0 Å². The maximum atomic E-state index is 13.6. The summed E-state index contributed by atoms with van der Waals surface area (Å²) in [4.78, 5) is 12.1. The molecule has 0 spiro atoms. The molecule has 1 atom stereocenters. The number of benzene rings is 2. The fourth-order valence-electron chi connectivity index (χ4n) is 2.65. The molecule has 26 heavy (non-hydrogen) atoms. The molecule has 1 aliphatic heterocycles. The molecular formula is C18H19FN2O4S. The van der Waals surface area contributed by atoms with Crippen LogP contribution in [-0.2, 0) is 14.8 Å². The zero-order chi connectivity index (χ0) is 18.6. The maximum Gasteiger partial charge on any atom is 0.261 e. The predicted molar refractivity (Wildman–Crippen MR) is 95.0 cm³/mol. The number of anilines is 1. The van der Waals surface area contributed by atoms with Gasteiger partial charge in [-0.15, -0.1) is 0 Å². The van der Waals surface area contributed by atoms with Gasteiger partial charge in [0, 0.05) is 18.7 Å². The van der Waals surface area contributed by atoms with Crippen LogP contribution < -0.4 is 10.0 Å². The molecule has 6 nitrogen and oxygen atoms in total. The second-order valence-corrected chi connectivity index (χ2v) is 7.64. The minimum Gasteiger partial charge on any atom is -0.376 e. The number of para-hydroxylation sites is 1. The Bertz CT molecular complexity index is 878. The lowest BCUT2D eigenvalue weighted by molar-refractivity contribution is 0.0857. The van der Waals surface area contributed by atoms with Crippen LogP contribution in [-0.4, -0.2) is 33.6 Å². The molecule has 1 fully saturated rings. The average molecular weight is 378 g/mol. The predicted octanol–water partition coefficient (Wildman–Crippen LogP) is 2.54. The monoisotopic (exact) mass is 378 g/mol. The summed E-state index contributed by atoms with van der Waals surface area (Å²) in [6, 6.07) is 11.0. The highest BCUT2D eigenvalue weighted by molar-refractivity contribution is 7.92. The average Bonchev–Trinajstić information content (AvgIpc) is 3.15. The third-order valence-electron chi connectivity index (χ3n) is 4.06. The third-order valence-corrected chi connectivity index (χ3v) is 5.44. The summed E-state index contributed by atoms with van der Waals surface area (Å²) in [6.07, 6.45) is 1.94. The van der Waals surface area contributed by atoms with Gasteiger partial charge in [-0.2, -0.15) is 0 Å². The topological polar surface area (TPSA) is 84.5 Å². The number of sulfonamides is 1. The lowest BCUT2D eigenvalue weighted by atomic mass is 10.2. The van der Waals surface area contributed by atoms with Gasteiger partial charge >= 0.3 is 0 Å². The fourth-order valence-corrected chi connectivity index (χ4v) is 3.71. The summed E-state index contributed by atoms with van der Waals surface area (Å²) in [5.74, 6) is -0.965. The molecule has 1 amide bonds. The number of carbonyl (C=O) groups excluding carboxylic acids is 1. The molecule has 1 saturated heterocycles. The number of rotatable bonds is 6. The first-order valence-corrected chi connectivity index (χ1v) is 9.71. The molecule has 2 N–H and O–H groups in total. The van der Waals surface area contributed by atoms with Crippen LogP contribution in [0, 0.1) is 5.82 Å². The van der Waals surface area contributed by atoms with E-state index in [2.05, 4.69) is 10.0 Å². The Hall–Kier alpha value is -2.45. The van der Waals surface area contributed by atoms with Gasteiger partial charge in [0.05, 0.1) is 16.7 Å². The second-order valence-electron chi connectivity index (χ2n) is 5.95. The van der Waals surface area contributed by atoms with Gasteiger partial charge in [0.2, 0.25) is 0 Å². The third kappa shape index (κ3) is 4.39. The molecule has 1 aliphatic rings. The van der Waals surface area contributed by atoms with Crippen LogP contribution in [0.25, 0.3) is 0 Å². The Morgan fingerprint density at radius 3 is 2.54 bits per heavy atom. The molecule has 138 valence electrons. The zero-order valence-corrected chi connectivity index (χ0v) is 14.8. The Kier molecular flexibility index (Phi) is 5.53. The lowest BCUT2D eigenvalue weighted by Crippen LogP contribution is -2.31. The normalized spacial score (nSPS) is 17.0. The van der Waals surface area contributed by atoms with Crippen molar-refractivity contribution in [2.24, 2.45) is 0 Å². The van der Waals surface area contributed by atoms with Crippen LogP contribution in [0.15, 0.2) is 53.4 Å². The van der Waals surface area contributed by atoms with Gasteiger partial charge in [0.25, 0.3) is 15.9 Å². The second kappa shape index (κ2) is 7.84. The van der Waals surface area contributed by atoms with Crippen LogP contribution in [0.3, 0.4) is 0 Å². The van der Waals surface area contributed by atoms with Crippen LogP contribution in [0.4, 0.5) is 10.1 Å². The van der Waals surface area contributed by atoms with Gasteiger partial charge in [-0.05, 0) is 49.2 Å². The van der Waals surface area contributed by atoms with E-state index in [1.165, 1.54) is 48.5 Å². The largest absolute Gasteiger partial charge is 0.376 e. The van der Waals surface area contributed by atoms with E-state index in [1.807, 2.05) is 0 Å². The van der Waals surface area contributed by atoms with E-state index in [0.29, 0.717) is 18.7 Å². The Morgan fingerprint density at radius 1 is 1.15 bits per heavy atom. The zero-order valence-electron chi connectivity index (χ0n) is 13.9. The quantitative estimate of drug-likeness (QED) is 0.809. The van der Waals surface area contributed by atoms with Crippen molar-refractivity contribution in [3.8, 4) is 0 Å². The van der Waals surface area contributed by atoms with E-state index in [4.69, 9.17) is 4.74 Å². The SMILES string of the molecule is O=C(NC[C@H]1CCCO1)c1ccc(S(=O)(=O)Nc2ccccc2F)cc1. The molecule has 8 heteroatoms. The maximum absolute atomic E-state index is 13.6. The highest BCUT2D eigenvalue weighted by Crippen LogP contribution is 2.19. The molecule has 0 radical (unpaired) electrons. The van der Waals surface area contributed by atoms with E-state index < -0.39 is 15.8 Å². The summed E-state index contributed by atoms with van der Waals surface area (Å²) < 4.78 is 45.9. The Labute approximate surface area is 151 Å². The summed E-state index contributed by atoms with van der Waals surface area (Å²) in [5, 5.41) is 2.77. The molecule has 3 rings (SSSR count). The molecule has 0 saturated carbocycles. The van der Waals surface area contributed by atoms with E-state index in [-0.39, 0.29) is 22.6 Å². The molecule has 1 heterocycles. The van der Waals surface area contributed by atoms with Gasteiger partial charge in [-0.3, -0.25) is 9.52 Å². The lowest BCUT2D eigenvalue weighted by Gasteiger charge is -2.11. The van der Waals surface area contributed by atoms with Crippen molar-refractivity contribution in [1.29, 1.82) is 0 Å². The first-order valence-electron chi connectivity index (χ1n) is 8.23. The summed E-state index contributed by atoms with van der Waals surface area (Å²) in [6.45, 7) is 1.13. The van der Waals surface area contributed by atoms with Crippen LogP contribution in [0.5, 0.6) is 0 Å². The van der Waals surface area contributed by atoms with Crippen LogP contribution in [0.1, 0.15) is 23.2 Å². The standard InChI is InChI=1S/C18H19FN2O4S/c19-16-5-1-2-6-17(16)21-26(23,24)15-9-7-13(8-10-15)18(22)20-12-14-4-3-11-25-14/h1-2,5-10,14,21H,3-4,11-12H2,(H,20,22)/t14-/m1/s1. The molecule has 0 aliphatic carbocycles. The molecular weight excluding hydrogens is 359 g/mol. The summed E-state index contributed by atoms with van der Waals surface area (Å²) >= 11 is 0. The van der Waals surface area contributed by atoms with Crippen molar-refractivity contribution in [2.45, 2.75) is 23.8 Å². The number of halogens is 1. The van der Waals surface area contributed by atoms with Crippen molar-refractivity contribution in [2.75, 3.05) is 17.9 Å². The fraction of sp³-hybridized carbons (Fsp3) is 0.278. The molecule has 2 aromatic carbocycles. The first-order chi connectivity index (χ1) is 12.5. The van der Waals surface area contributed by atoms with E-state index >= 15 is 0 Å². The molecule has 0 unspecified atom stereocenters. The molecule has 0 bridgehead atoms. The van der Waals surface area contributed by atoms with Crippen molar-refractivity contribution >= 4 is 21.6 Å². The van der Waals surface area contributed by atoms with Gasteiger partial charge < -0.3 is 10.1 Å². The minimum atomic E-state index is -3.95. The number of amides is 1. The minimum absolute atomic E-state index is 0.0311. The number of hydrogen-bond donors (Lipinski definition) is 2. The van der Waals surface area contributed by atoms with Gasteiger partial charge in [-0.1, -0.05) is 12.1 Å². The van der Waals surface area contributed by atoms with Crippen molar-refractivity contribution < 1.29 is 22.3 Å². The van der Waals surface area contributed by atoms with E-state index in [9.17, 15) is 17.6 Å². The Balaban J connectivity index is 1.66. The number of ether oxygens (including phenoxy) is 1. The number of carbonyl (C=O) groups is 1. The van der Waals surface area contributed by atoms with E-state index in [0.717, 1.165) is 12.8 Å². The van der Waals surface area contributed by atoms with Gasteiger partial charge in [-0.25, -0.2) is 12.8 Å². The smallest absolute Gasteiger partial charge is 0.261 e. The Morgan fingerprint density at radius 2 is 1.88 bits per heavy atom. The first kappa shape index (κ1) is 18.3. The van der Waals surface area contributed by atoms with Crippen molar-refractivity contribution in [1.82, 2.24) is 5.32 Å². The van der Waals surface area contributed by atoms with Crippen LogP contribution in [0.2, 0.25) is 0 Å². The van der Waals surface area contributed by atoms with E-state index in [1.54, 1.807) is 0 Å². The highest BCUT2D eigenvalue weighted by Gasteiger charge is 2.18. The number of nitrogens with one attached hydrogen (secondary N) is 2. The highest BCUT2D eigenvalue weighted by atomic mass is 32.2. The van der Waals surface area contributed by atoms with Gasteiger partial charge in [0.15, 0.2) is 0 Å². The number of hydrogen-bond acceptors (Lipinski definition) is 4.